The van der Waals surface area contributed by atoms with Crippen LogP contribution in [0.2, 0.25) is 0 Å². The summed E-state index contributed by atoms with van der Waals surface area (Å²) < 4.78 is 38.1. The van der Waals surface area contributed by atoms with E-state index in [1.807, 2.05) is 0 Å². The molecule has 1 heterocycles. The zero-order chi connectivity index (χ0) is 18.6. The van der Waals surface area contributed by atoms with Crippen molar-refractivity contribution in [3.8, 4) is 0 Å². The maximum absolute atomic E-state index is 12.9. The Balaban J connectivity index is 1.62. The third kappa shape index (κ3) is 4.40. The standard InChI is InChI=1S/C19H21FN2O3S/c20-16-10-8-15(9-11-16)13-21-19(23)22-12-4-5-17(22)14-26(24,25)18-6-2-1-3-7-18/h1-3,6-11,17H,4-5,12-14H2,(H,21,23). The van der Waals surface area contributed by atoms with Gasteiger partial charge in [0.05, 0.1) is 10.6 Å². The summed E-state index contributed by atoms with van der Waals surface area (Å²) in [6, 6.07) is 13.6. The van der Waals surface area contributed by atoms with E-state index < -0.39 is 9.84 Å². The second-order valence-electron chi connectivity index (χ2n) is 6.37. The second kappa shape index (κ2) is 7.86. The van der Waals surface area contributed by atoms with E-state index in [4.69, 9.17) is 0 Å². The van der Waals surface area contributed by atoms with Crippen LogP contribution in [0, 0.1) is 5.82 Å². The first kappa shape index (κ1) is 18.4. The summed E-state index contributed by atoms with van der Waals surface area (Å²) in [4.78, 5) is 14.3. The van der Waals surface area contributed by atoms with Gasteiger partial charge in [-0.3, -0.25) is 0 Å². The van der Waals surface area contributed by atoms with Crippen LogP contribution in [-0.2, 0) is 16.4 Å². The average molecular weight is 376 g/mol. The molecule has 0 radical (unpaired) electrons. The minimum atomic E-state index is -3.45. The van der Waals surface area contributed by atoms with Crippen molar-refractivity contribution in [2.45, 2.75) is 30.3 Å². The number of nitrogens with one attached hydrogen (secondary N) is 1. The first-order valence-electron chi connectivity index (χ1n) is 8.52. The van der Waals surface area contributed by atoms with Gasteiger partial charge < -0.3 is 10.2 Å². The molecule has 2 aromatic carbocycles. The Morgan fingerprint density at radius 3 is 2.50 bits per heavy atom. The molecule has 1 aliphatic heterocycles. The Morgan fingerprint density at radius 2 is 1.81 bits per heavy atom. The molecule has 0 saturated carbocycles. The fourth-order valence-electron chi connectivity index (χ4n) is 3.14. The molecule has 0 aromatic heterocycles. The molecule has 138 valence electrons. The molecular formula is C19H21FN2O3S. The van der Waals surface area contributed by atoms with E-state index in [9.17, 15) is 17.6 Å². The van der Waals surface area contributed by atoms with E-state index >= 15 is 0 Å². The normalized spacial score (nSPS) is 17.3. The molecule has 7 heteroatoms. The second-order valence-corrected chi connectivity index (χ2v) is 8.40. The van der Waals surface area contributed by atoms with Crippen LogP contribution in [-0.4, -0.2) is 37.7 Å². The lowest BCUT2D eigenvalue weighted by molar-refractivity contribution is 0.196. The van der Waals surface area contributed by atoms with Crippen molar-refractivity contribution in [3.05, 3.63) is 66.0 Å². The highest BCUT2D eigenvalue weighted by atomic mass is 32.2. The molecular weight excluding hydrogens is 355 g/mol. The Bertz CT molecular complexity index is 854. The van der Waals surface area contributed by atoms with Crippen LogP contribution in [0.5, 0.6) is 0 Å². The number of amides is 2. The Morgan fingerprint density at radius 1 is 1.12 bits per heavy atom. The molecule has 2 amide bonds. The third-order valence-electron chi connectivity index (χ3n) is 4.51. The van der Waals surface area contributed by atoms with Crippen molar-refractivity contribution in [3.63, 3.8) is 0 Å². The van der Waals surface area contributed by atoms with Crippen LogP contribution < -0.4 is 5.32 Å². The molecule has 3 rings (SSSR count). The van der Waals surface area contributed by atoms with Gasteiger partial charge in [0, 0.05) is 19.1 Å². The molecule has 1 aliphatic rings. The van der Waals surface area contributed by atoms with Crippen LogP contribution in [0.15, 0.2) is 59.5 Å². The van der Waals surface area contributed by atoms with Crippen molar-refractivity contribution < 1.29 is 17.6 Å². The highest BCUT2D eigenvalue weighted by Gasteiger charge is 2.32. The monoisotopic (exact) mass is 376 g/mol. The molecule has 1 atom stereocenters. The van der Waals surface area contributed by atoms with Gasteiger partial charge in [-0.2, -0.15) is 0 Å². The molecule has 1 fully saturated rings. The number of carbonyl (C=O) groups excluding carboxylic acids is 1. The number of carbonyl (C=O) groups is 1. The summed E-state index contributed by atoms with van der Waals surface area (Å²) in [6.45, 7) is 0.804. The largest absolute Gasteiger partial charge is 0.334 e. The summed E-state index contributed by atoms with van der Waals surface area (Å²) in [6.07, 6.45) is 1.44. The minimum absolute atomic E-state index is 0.0824. The molecule has 0 spiro atoms. The van der Waals surface area contributed by atoms with Crippen LogP contribution in [0.1, 0.15) is 18.4 Å². The van der Waals surface area contributed by atoms with Gasteiger partial charge in [-0.05, 0) is 42.7 Å². The Labute approximate surface area is 152 Å². The first-order chi connectivity index (χ1) is 12.5. The lowest BCUT2D eigenvalue weighted by Crippen LogP contribution is -2.45. The molecule has 2 aromatic rings. The summed E-state index contributed by atoms with van der Waals surface area (Å²) in [5, 5.41) is 2.79. The zero-order valence-electron chi connectivity index (χ0n) is 14.3. The van der Waals surface area contributed by atoms with E-state index in [0.29, 0.717) is 13.0 Å². The number of sulfone groups is 1. The fourth-order valence-corrected chi connectivity index (χ4v) is 4.75. The van der Waals surface area contributed by atoms with Crippen molar-refractivity contribution in [1.29, 1.82) is 0 Å². The van der Waals surface area contributed by atoms with Gasteiger partial charge in [0.15, 0.2) is 9.84 Å². The maximum atomic E-state index is 12.9. The zero-order valence-corrected chi connectivity index (χ0v) is 15.1. The maximum Gasteiger partial charge on any atom is 0.317 e. The highest BCUT2D eigenvalue weighted by Crippen LogP contribution is 2.22. The van der Waals surface area contributed by atoms with E-state index in [1.165, 1.54) is 12.1 Å². The number of nitrogens with zero attached hydrogens (tertiary/aromatic N) is 1. The van der Waals surface area contributed by atoms with Crippen LogP contribution >= 0.6 is 0 Å². The molecule has 1 N–H and O–H groups in total. The minimum Gasteiger partial charge on any atom is -0.334 e. The lowest BCUT2D eigenvalue weighted by Gasteiger charge is -2.25. The third-order valence-corrected chi connectivity index (χ3v) is 6.32. The van der Waals surface area contributed by atoms with E-state index in [0.717, 1.165) is 12.0 Å². The highest BCUT2D eigenvalue weighted by molar-refractivity contribution is 7.91. The van der Waals surface area contributed by atoms with Crippen molar-refractivity contribution >= 4 is 15.9 Å². The van der Waals surface area contributed by atoms with E-state index in [2.05, 4.69) is 5.32 Å². The van der Waals surface area contributed by atoms with Crippen LogP contribution in [0.4, 0.5) is 9.18 Å². The quantitative estimate of drug-likeness (QED) is 0.872. The molecule has 0 aliphatic carbocycles. The molecule has 0 bridgehead atoms. The van der Waals surface area contributed by atoms with Gasteiger partial charge in [-0.15, -0.1) is 0 Å². The summed E-state index contributed by atoms with van der Waals surface area (Å²) in [7, 11) is -3.45. The number of benzene rings is 2. The number of rotatable bonds is 5. The van der Waals surface area contributed by atoms with E-state index in [1.54, 1.807) is 47.4 Å². The van der Waals surface area contributed by atoms with Gasteiger partial charge in [-0.25, -0.2) is 17.6 Å². The molecule has 1 saturated heterocycles. The molecule has 26 heavy (non-hydrogen) atoms. The van der Waals surface area contributed by atoms with Gasteiger partial charge >= 0.3 is 6.03 Å². The van der Waals surface area contributed by atoms with Gasteiger partial charge in [0.2, 0.25) is 0 Å². The summed E-state index contributed by atoms with van der Waals surface area (Å²) >= 11 is 0. The molecule has 1 unspecified atom stereocenters. The number of hydrogen-bond acceptors (Lipinski definition) is 3. The van der Waals surface area contributed by atoms with Gasteiger partial charge in [0.25, 0.3) is 0 Å². The van der Waals surface area contributed by atoms with Crippen molar-refractivity contribution in [1.82, 2.24) is 10.2 Å². The number of hydrogen-bond donors (Lipinski definition) is 1. The smallest absolute Gasteiger partial charge is 0.317 e. The van der Waals surface area contributed by atoms with Crippen molar-refractivity contribution in [2.75, 3.05) is 12.3 Å². The fraction of sp³-hybridized carbons (Fsp3) is 0.316. The van der Waals surface area contributed by atoms with Crippen LogP contribution in [0.25, 0.3) is 0 Å². The predicted octanol–water partition coefficient (Wildman–Crippen LogP) is 2.97. The first-order valence-corrected chi connectivity index (χ1v) is 10.2. The lowest BCUT2D eigenvalue weighted by atomic mass is 10.2. The van der Waals surface area contributed by atoms with Gasteiger partial charge in [0.1, 0.15) is 5.82 Å². The van der Waals surface area contributed by atoms with Gasteiger partial charge in [-0.1, -0.05) is 30.3 Å². The topological polar surface area (TPSA) is 66.5 Å². The van der Waals surface area contributed by atoms with E-state index in [-0.39, 0.29) is 35.1 Å². The number of likely N-dealkylation sites (tertiary alicyclic amines) is 1. The number of halogens is 1. The van der Waals surface area contributed by atoms with Crippen molar-refractivity contribution in [2.24, 2.45) is 0 Å². The summed E-state index contributed by atoms with van der Waals surface area (Å²) in [5.74, 6) is -0.410. The SMILES string of the molecule is O=C(NCc1ccc(F)cc1)N1CCCC1CS(=O)(=O)c1ccccc1. The molecule has 5 nitrogen and oxygen atoms in total. The Kier molecular flexibility index (Phi) is 5.56. The van der Waals surface area contributed by atoms with Crippen LogP contribution in [0.3, 0.4) is 0 Å². The summed E-state index contributed by atoms with van der Waals surface area (Å²) in [5.41, 5.74) is 0.785. The Hall–Kier alpha value is -2.41. The average Bonchev–Trinajstić information content (AvgIpc) is 3.09. The predicted molar refractivity (Wildman–Crippen MR) is 96.9 cm³/mol. The number of urea groups is 1.